The van der Waals surface area contributed by atoms with Gasteiger partial charge in [-0.3, -0.25) is 0 Å². The van der Waals surface area contributed by atoms with Gasteiger partial charge in [0.1, 0.15) is 5.75 Å². The predicted molar refractivity (Wildman–Crippen MR) is 56.2 cm³/mol. The fourth-order valence-corrected chi connectivity index (χ4v) is 0.991. The molecule has 1 amide bonds. The Morgan fingerprint density at radius 3 is 2.82 bits per heavy atom. The topological polar surface area (TPSA) is 59.9 Å². The van der Waals surface area contributed by atoms with Crippen molar-refractivity contribution in [2.75, 3.05) is 7.11 Å². The molecule has 0 heterocycles. The Hall–Kier alpha value is -2.18. The lowest BCUT2D eigenvalue weighted by Crippen LogP contribution is -2.16. The number of hydrogen-bond acceptors (Lipinski definition) is 4. The molecule has 0 saturated heterocycles. The summed E-state index contributed by atoms with van der Waals surface area (Å²) in [5.41, 5.74) is 2.34. The van der Waals surface area contributed by atoms with Gasteiger partial charge in [-0.25, -0.2) is 10.2 Å². The molecular weight excluding hydrogens is 234 g/mol. The Labute approximate surface area is 96.0 Å². The zero-order valence-electron chi connectivity index (χ0n) is 8.89. The van der Waals surface area contributed by atoms with Crippen LogP contribution in [0.4, 0.5) is 13.6 Å². The van der Waals surface area contributed by atoms with Gasteiger partial charge in [0.05, 0.1) is 13.3 Å². The minimum absolute atomic E-state index is 0.0297. The van der Waals surface area contributed by atoms with Gasteiger partial charge in [0.15, 0.2) is 0 Å². The van der Waals surface area contributed by atoms with Crippen molar-refractivity contribution in [2.24, 2.45) is 5.10 Å². The van der Waals surface area contributed by atoms with Crippen LogP contribution in [0.5, 0.6) is 5.75 Å². The Kier molecular flexibility index (Phi) is 4.86. The first kappa shape index (κ1) is 12.9. The number of para-hydroxylation sites is 1. The normalized spacial score (nSPS) is 10.6. The molecule has 5 nitrogen and oxygen atoms in total. The van der Waals surface area contributed by atoms with E-state index in [0.717, 1.165) is 0 Å². The molecule has 92 valence electrons. The summed E-state index contributed by atoms with van der Waals surface area (Å²) in [4.78, 5) is 10.7. The number of methoxy groups -OCH3 is 1. The molecule has 0 atom stereocenters. The van der Waals surface area contributed by atoms with Crippen LogP contribution in [0.25, 0.3) is 0 Å². The van der Waals surface area contributed by atoms with E-state index in [4.69, 9.17) is 0 Å². The maximum absolute atomic E-state index is 12.0. The van der Waals surface area contributed by atoms with Gasteiger partial charge in [-0.2, -0.15) is 13.9 Å². The van der Waals surface area contributed by atoms with Crippen molar-refractivity contribution in [3.05, 3.63) is 29.8 Å². The van der Waals surface area contributed by atoms with Crippen molar-refractivity contribution in [1.29, 1.82) is 0 Å². The SMILES string of the molecule is COC(=O)N/N=C\c1ccccc1OC(F)F. The van der Waals surface area contributed by atoms with Gasteiger partial charge >= 0.3 is 12.7 Å². The van der Waals surface area contributed by atoms with Gasteiger partial charge < -0.3 is 9.47 Å². The van der Waals surface area contributed by atoms with Crippen LogP contribution < -0.4 is 10.2 Å². The standard InChI is InChI=1S/C10H10F2N2O3/c1-16-10(15)14-13-6-7-4-2-3-5-8(7)17-9(11)12/h2-6,9H,1H3,(H,14,15)/b13-6-. The van der Waals surface area contributed by atoms with E-state index in [-0.39, 0.29) is 5.75 Å². The quantitative estimate of drug-likeness (QED) is 0.650. The molecule has 0 aliphatic rings. The third-order valence-corrected chi connectivity index (χ3v) is 1.68. The zero-order chi connectivity index (χ0) is 12.7. The first-order valence-electron chi connectivity index (χ1n) is 4.54. The van der Waals surface area contributed by atoms with Crippen molar-refractivity contribution in [1.82, 2.24) is 5.43 Å². The Balaban J connectivity index is 2.72. The predicted octanol–water partition coefficient (Wildman–Crippen LogP) is 1.98. The van der Waals surface area contributed by atoms with Crippen molar-refractivity contribution in [3.8, 4) is 5.75 Å². The number of halogens is 2. The number of carbonyl (C=O) groups excluding carboxylic acids is 1. The fourth-order valence-electron chi connectivity index (χ4n) is 0.991. The summed E-state index contributed by atoms with van der Waals surface area (Å²) in [5.74, 6) is -0.0297. The van der Waals surface area contributed by atoms with Crippen LogP contribution in [-0.4, -0.2) is 26.0 Å². The van der Waals surface area contributed by atoms with Crippen molar-refractivity contribution < 1.29 is 23.0 Å². The lowest BCUT2D eigenvalue weighted by atomic mass is 10.2. The van der Waals surface area contributed by atoms with Crippen LogP contribution in [0.1, 0.15) is 5.56 Å². The molecule has 0 saturated carbocycles. The Morgan fingerprint density at radius 2 is 2.18 bits per heavy atom. The average Bonchev–Trinajstić information content (AvgIpc) is 2.30. The smallest absolute Gasteiger partial charge is 0.427 e. The first-order chi connectivity index (χ1) is 8.13. The van der Waals surface area contributed by atoms with E-state index >= 15 is 0 Å². The molecular formula is C10H10F2N2O3. The van der Waals surface area contributed by atoms with E-state index in [1.807, 2.05) is 5.43 Å². The number of amides is 1. The molecule has 0 aliphatic heterocycles. The van der Waals surface area contributed by atoms with Crippen molar-refractivity contribution in [2.45, 2.75) is 6.61 Å². The second-order valence-corrected chi connectivity index (χ2v) is 2.78. The number of alkyl halides is 2. The van der Waals surface area contributed by atoms with Crippen LogP contribution in [0.3, 0.4) is 0 Å². The minimum atomic E-state index is -2.92. The number of nitrogens with one attached hydrogen (secondary N) is 1. The van der Waals surface area contributed by atoms with Gasteiger partial charge in [0.25, 0.3) is 0 Å². The van der Waals surface area contributed by atoms with Gasteiger partial charge in [-0.1, -0.05) is 12.1 Å². The molecule has 0 unspecified atom stereocenters. The number of carbonyl (C=O) groups is 1. The molecule has 17 heavy (non-hydrogen) atoms. The summed E-state index contributed by atoms with van der Waals surface area (Å²) in [6.07, 6.45) is 0.419. The highest BCUT2D eigenvalue weighted by Crippen LogP contribution is 2.18. The summed E-state index contributed by atoms with van der Waals surface area (Å²) in [7, 11) is 1.18. The second kappa shape index (κ2) is 6.41. The van der Waals surface area contributed by atoms with Gasteiger partial charge in [0, 0.05) is 5.56 Å². The minimum Gasteiger partial charge on any atom is -0.452 e. The molecule has 0 fully saturated rings. The summed E-state index contributed by atoms with van der Waals surface area (Å²) in [6.45, 7) is -2.92. The molecule has 1 aromatic rings. The average molecular weight is 244 g/mol. The number of hydrogen-bond donors (Lipinski definition) is 1. The van der Waals surface area contributed by atoms with Crippen LogP contribution in [-0.2, 0) is 4.74 Å². The largest absolute Gasteiger partial charge is 0.452 e. The van der Waals surface area contributed by atoms with Crippen LogP contribution in [0, 0.1) is 0 Å². The molecule has 0 aromatic heterocycles. The summed E-state index contributed by atoms with van der Waals surface area (Å²) < 4.78 is 32.6. The number of hydrazone groups is 1. The van der Waals surface area contributed by atoms with Gasteiger partial charge in [-0.05, 0) is 12.1 Å². The number of nitrogens with zero attached hydrogens (tertiary/aromatic N) is 1. The Morgan fingerprint density at radius 1 is 1.47 bits per heavy atom. The van der Waals surface area contributed by atoms with Crippen LogP contribution in [0.15, 0.2) is 29.4 Å². The number of ether oxygens (including phenoxy) is 2. The van der Waals surface area contributed by atoms with E-state index in [9.17, 15) is 13.6 Å². The summed E-state index contributed by atoms with van der Waals surface area (Å²) in [6, 6.07) is 6.05. The highest BCUT2D eigenvalue weighted by atomic mass is 19.3. The van der Waals surface area contributed by atoms with Crippen molar-refractivity contribution >= 4 is 12.3 Å². The van der Waals surface area contributed by atoms with E-state index in [0.29, 0.717) is 5.56 Å². The molecule has 0 spiro atoms. The third-order valence-electron chi connectivity index (χ3n) is 1.68. The van der Waals surface area contributed by atoms with E-state index in [1.54, 1.807) is 12.1 Å². The van der Waals surface area contributed by atoms with Gasteiger partial charge in [0.2, 0.25) is 0 Å². The third kappa shape index (κ3) is 4.45. The van der Waals surface area contributed by atoms with Crippen LogP contribution >= 0.6 is 0 Å². The summed E-state index contributed by atoms with van der Waals surface area (Å²) in [5, 5.41) is 3.51. The molecule has 1 aromatic carbocycles. The molecule has 1 N–H and O–H groups in total. The first-order valence-corrected chi connectivity index (χ1v) is 4.54. The summed E-state index contributed by atoms with van der Waals surface area (Å²) >= 11 is 0. The molecule has 7 heteroatoms. The van der Waals surface area contributed by atoms with E-state index in [1.165, 1.54) is 25.5 Å². The van der Waals surface area contributed by atoms with Gasteiger partial charge in [-0.15, -0.1) is 0 Å². The van der Waals surface area contributed by atoms with E-state index < -0.39 is 12.7 Å². The highest BCUT2D eigenvalue weighted by Gasteiger charge is 2.07. The maximum Gasteiger partial charge on any atom is 0.427 e. The zero-order valence-corrected chi connectivity index (χ0v) is 8.89. The monoisotopic (exact) mass is 244 g/mol. The molecule has 1 rings (SSSR count). The molecule has 0 aliphatic carbocycles. The Bertz CT molecular complexity index is 410. The molecule has 0 bridgehead atoms. The van der Waals surface area contributed by atoms with Crippen LogP contribution in [0.2, 0.25) is 0 Å². The number of benzene rings is 1. The maximum atomic E-state index is 12.0. The number of rotatable bonds is 4. The fraction of sp³-hybridized carbons (Fsp3) is 0.200. The molecule has 0 radical (unpaired) electrons. The lowest BCUT2D eigenvalue weighted by molar-refractivity contribution is -0.0499. The van der Waals surface area contributed by atoms with E-state index in [2.05, 4.69) is 14.6 Å². The second-order valence-electron chi connectivity index (χ2n) is 2.78. The van der Waals surface area contributed by atoms with Crippen molar-refractivity contribution in [3.63, 3.8) is 0 Å². The lowest BCUT2D eigenvalue weighted by Gasteiger charge is -2.06. The highest BCUT2D eigenvalue weighted by molar-refractivity contribution is 5.84.